The zero-order valence-electron chi connectivity index (χ0n) is 22.0. The minimum absolute atomic E-state index is 0.0713. The second-order valence-corrected chi connectivity index (χ2v) is 10.3. The fraction of sp³-hybridized carbons (Fsp3) is 0.423. The number of benzene rings is 1. The number of fused-ring (bicyclic) bond motifs is 1. The van der Waals surface area contributed by atoms with Crippen LogP contribution in [-0.2, 0) is 18.8 Å². The van der Waals surface area contributed by atoms with Gasteiger partial charge in [0.15, 0.2) is 0 Å². The highest BCUT2D eigenvalue weighted by atomic mass is 35.5. The molecule has 0 saturated heterocycles. The van der Waals surface area contributed by atoms with Crippen LogP contribution >= 0.6 is 11.6 Å². The number of anilines is 3. The van der Waals surface area contributed by atoms with E-state index in [9.17, 15) is 26.3 Å². The molecule has 216 valence electrons. The van der Waals surface area contributed by atoms with E-state index < -0.39 is 34.4 Å². The van der Waals surface area contributed by atoms with Crippen LogP contribution in [-0.4, -0.2) is 67.2 Å². The van der Waals surface area contributed by atoms with Crippen molar-refractivity contribution in [2.45, 2.75) is 24.7 Å². The van der Waals surface area contributed by atoms with Crippen LogP contribution in [0.1, 0.15) is 33.9 Å². The van der Waals surface area contributed by atoms with E-state index >= 15 is 0 Å². The first kappa shape index (κ1) is 29.7. The largest absolute Gasteiger partial charge is 0.419 e. The summed E-state index contributed by atoms with van der Waals surface area (Å²) < 4.78 is 81.9. The number of hydrogen-bond acceptors (Lipinski definition) is 7. The Balaban J connectivity index is 1.84. The van der Waals surface area contributed by atoms with Gasteiger partial charge in [-0.15, -0.1) is 0 Å². The van der Waals surface area contributed by atoms with Crippen molar-refractivity contribution in [3.63, 3.8) is 0 Å². The van der Waals surface area contributed by atoms with E-state index in [4.69, 9.17) is 22.3 Å². The summed E-state index contributed by atoms with van der Waals surface area (Å²) in [5, 5.41) is -0.532. The standard InChI is InChI=1S/C26H28ClF6N7/c1-38(2)11-12-39(3)24-36-20-8-10-40(23-18(26(31,32)33)5-4-9-35-23)14-16(21(20)22(34)37-24)15-6-7-17(19(27)13-15)25(28,29)30/h4-7,9,13,16H,8,10-12,14H2,1-3H3,(H2,34,36,37). The molecule has 0 amide bonds. The Morgan fingerprint density at radius 3 is 2.33 bits per heavy atom. The maximum atomic E-state index is 13.9. The van der Waals surface area contributed by atoms with E-state index in [-0.39, 0.29) is 31.1 Å². The number of nitrogens with two attached hydrogens (primary N) is 1. The Morgan fingerprint density at radius 2 is 1.70 bits per heavy atom. The van der Waals surface area contributed by atoms with E-state index in [2.05, 4.69) is 9.97 Å². The molecule has 40 heavy (non-hydrogen) atoms. The van der Waals surface area contributed by atoms with Crippen LogP contribution in [0.2, 0.25) is 5.02 Å². The monoisotopic (exact) mass is 587 g/mol. The summed E-state index contributed by atoms with van der Waals surface area (Å²) >= 11 is 6.04. The van der Waals surface area contributed by atoms with Crippen LogP contribution in [0.3, 0.4) is 0 Å². The minimum Gasteiger partial charge on any atom is -0.383 e. The third-order valence-electron chi connectivity index (χ3n) is 6.73. The van der Waals surface area contributed by atoms with Gasteiger partial charge in [-0.2, -0.15) is 31.3 Å². The van der Waals surface area contributed by atoms with E-state index in [0.717, 1.165) is 12.1 Å². The molecule has 0 radical (unpaired) electrons. The number of likely N-dealkylation sites (N-methyl/N-ethyl adjacent to an activating group) is 2. The van der Waals surface area contributed by atoms with Gasteiger partial charge in [-0.05, 0) is 43.9 Å². The summed E-state index contributed by atoms with van der Waals surface area (Å²) in [4.78, 5) is 18.4. The number of rotatable bonds is 6. The molecule has 3 aromatic rings. The molecule has 7 nitrogen and oxygen atoms in total. The topological polar surface area (TPSA) is 74.4 Å². The van der Waals surface area contributed by atoms with Gasteiger partial charge in [-0.1, -0.05) is 17.7 Å². The minimum atomic E-state index is -4.67. The Labute approximate surface area is 232 Å². The van der Waals surface area contributed by atoms with Crippen LogP contribution < -0.4 is 15.5 Å². The fourth-order valence-electron chi connectivity index (χ4n) is 4.67. The third kappa shape index (κ3) is 6.35. The molecule has 1 aliphatic heterocycles. The van der Waals surface area contributed by atoms with Crippen molar-refractivity contribution in [3.05, 3.63) is 69.5 Å². The van der Waals surface area contributed by atoms with Crippen molar-refractivity contribution in [2.75, 3.05) is 62.9 Å². The highest BCUT2D eigenvalue weighted by Gasteiger charge is 2.38. The molecule has 0 aliphatic carbocycles. The number of hydrogen-bond donors (Lipinski definition) is 1. The molecule has 3 heterocycles. The summed E-state index contributed by atoms with van der Waals surface area (Å²) in [6.45, 7) is 1.32. The maximum Gasteiger partial charge on any atom is 0.419 e. The number of alkyl halides is 6. The van der Waals surface area contributed by atoms with Crippen LogP contribution in [0.4, 0.5) is 43.9 Å². The highest BCUT2D eigenvalue weighted by Crippen LogP contribution is 2.42. The van der Waals surface area contributed by atoms with E-state index in [0.29, 0.717) is 35.9 Å². The van der Waals surface area contributed by atoms with Gasteiger partial charge >= 0.3 is 12.4 Å². The lowest BCUT2D eigenvalue weighted by Crippen LogP contribution is -2.31. The van der Waals surface area contributed by atoms with Crippen LogP contribution in [0.15, 0.2) is 36.5 Å². The van der Waals surface area contributed by atoms with Gasteiger partial charge in [0.25, 0.3) is 0 Å². The van der Waals surface area contributed by atoms with Gasteiger partial charge in [0, 0.05) is 57.3 Å². The molecule has 0 fully saturated rings. The quantitative estimate of drug-likeness (QED) is 0.391. The molecular weight excluding hydrogens is 560 g/mol. The zero-order chi connectivity index (χ0) is 29.4. The molecule has 0 saturated carbocycles. The lowest BCUT2D eigenvalue weighted by Gasteiger charge is -2.29. The number of nitrogens with zero attached hydrogens (tertiary/aromatic N) is 6. The molecule has 1 atom stereocenters. The number of aromatic nitrogens is 3. The van der Waals surface area contributed by atoms with E-state index in [1.54, 1.807) is 7.05 Å². The molecule has 4 rings (SSSR count). The smallest absolute Gasteiger partial charge is 0.383 e. The van der Waals surface area contributed by atoms with Crippen molar-refractivity contribution in [1.29, 1.82) is 0 Å². The number of nitrogen functional groups attached to an aromatic ring is 1. The van der Waals surface area contributed by atoms with E-state index in [1.165, 1.54) is 29.3 Å². The summed E-state index contributed by atoms with van der Waals surface area (Å²) in [5.41, 5.74) is 5.76. The first-order valence-electron chi connectivity index (χ1n) is 12.3. The summed E-state index contributed by atoms with van der Waals surface area (Å²) in [5.74, 6) is -0.650. The van der Waals surface area contributed by atoms with Gasteiger partial charge in [-0.25, -0.2) is 9.97 Å². The Bertz CT molecular complexity index is 1360. The predicted molar refractivity (Wildman–Crippen MR) is 142 cm³/mol. The van der Waals surface area contributed by atoms with E-state index in [1.807, 2.05) is 23.9 Å². The van der Waals surface area contributed by atoms with Crippen molar-refractivity contribution >= 4 is 29.2 Å². The van der Waals surface area contributed by atoms with Crippen molar-refractivity contribution in [2.24, 2.45) is 0 Å². The third-order valence-corrected chi connectivity index (χ3v) is 7.04. The second kappa shape index (κ2) is 11.3. The first-order chi connectivity index (χ1) is 18.7. The second-order valence-electron chi connectivity index (χ2n) is 9.85. The van der Waals surface area contributed by atoms with Crippen LogP contribution in [0, 0.1) is 0 Å². The van der Waals surface area contributed by atoms with Crippen molar-refractivity contribution in [1.82, 2.24) is 19.9 Å². The van der Waals surface area contributed by atoms with Crippen molar-refractivity contribution in [3.8, 4) is 0 Å². The Kier molecular flexibility index (Phi) is 8.36. The molecule has 1 unspecified atom stereocenters. The van der Waals surface area contributed by atoms with Gasteiger partial charge in [0.2, 0.25) is 5.95 Å². The van der Waals surface area contributed by atoms with Crippen LogP contribution in [0.25, 0.3) is 0 Å². The van der Waals surface area contributed by atoms with Gasteiger partial charge in [0.1, 0.15) is 11.6 Å². The zero-order valence-corrected chi connectivity index (χ0v) is 22.7. The fourth-order valence-corrected chi connectivity index (χ4v) is 4.97. The van der Waals surface area contributed by atoms with Crippen LogP contribution in [0.5, 0.6) is 0 Å². The predicted octanol–water partition coefficient (Wildman–Crippen LogP) is 5.34. The Morgan fingerprint density at radius 1 is 1.00 bits per heavy atom. The van der Waals surface area contributed by atoms with Crippen molar-refractivity contribution < 1.29 is 26.3 Å². The summed E-state index contributed by atoms with van der Waals surface area (Å²) in [6, 6.07) is 5.42. The van der Waals surface area contributed by atoms with Gasteiger partial charge < -0.3 is 20.4 Å². The highest BCUT2D eigenvalue weighted by molar-refractivity contribution is 6.31. The van der Waals surface area contributed by atoms with Gasteiger partial charge in [0.05, 0.1) is 21.8 Å². The normalized spacial score (nSPS) is 16.2. The lowest BCUT2D eigenvalue weighted by molar-refractivity contribution is -0.138. The average Bonchev–Trinajstić information content (AvgIpc) is 3.06. The molecule has 1 aliphatic rings. The summed E-state index contributed by atoms with van der Waals surface area (Å²) in [6.07, 6.45) is -7.88. The molecule has 2 N–H and O–H groups in total. The van der Waals surface area contributed by atoms with Gasteiger partial charge in [-0.3, -0.25) is 0 Å². The molecule has 1 aromatic carbocycles. The number of halogens is 7. The molecule has 14 heteroatoms. The average molecular weight is 588 g/mol. The SMILES string of the molecule is CN(C)CCN(C)c1nc(N)c2c(n1)CCN(c1ncccc1C(F)(F)F)CC2c1ccc(C(F)(F)F)c(Cl)c1. The first-order valence-corrected chi connectivity index (χ1v) is 12.7. The lowest BCUT2D eigenvalue weighted by atomic mass is 9.89. The molecule has 0 spiro atoms. The molecular formula is C26H28ClF6N7. The molecule has 0 bridgehead atoms. The Hall–Kier alpha value is -3.32. The summed E-state index contributed by atoms with van der Waals surface area (Å²) in [7, 11) is 5.63. The molecule has 2 aromatic heterocycles. The number of pyridine rings is 1. The maximum absolute atomic E-state index is 13.9.